The predicted octanol–water partition coefficient (Wildman–Crippen LogP) is 2.88. The Morgan fingerprint density at radius 1 is 1.50 bits per heavy atom. The van der Waals surface area contributed by atoms with E-state index < -0.39 is 5.60 Å². The minimum atomic E-state index is -0.462. The van der Waals surface area contributed by atoms with Crippen molar-refractivity contribution in [2.75, 3.05) is 13.2 Å². The third kappa shape index (κ3) is 4.90. The average Bonchev–Trinajstić information content (AvgIpc) is 3.07. The third-order valence-electron chi connectivity index (χ3n) is 2.82. The number of esters is 1. The maximum atomic E-state index is 11.5. The van der Waals surface area contributed by atoms with E-state index in [4.69, 9.17) is 9.47 Å². The van der Waals surface area contributed by atoms with Gasteiger partial charge >= 0.3 is 5.97 Å². The standard InChI is InChI=1S/C14H21BrN2O3/c1-14(2,3)20-13(18)9-19-7-6-11-8-12(15)16-17(11)10-4-5-10/h8,10H,4-7,9H2,1-3H3. The van der Waals surface area contributed by atoms with E-state index in [1.165, 1.54) is 12.8 Å². The largest absolute Gasteiger partial charge is 0.458 e. The molecule has 1 saturated carbocycles. The Labute approximate surface area is 127 Å². The molecular formula is C14H21BrN2O3. The molecule has 6 heteroatoms. The summed E-state index contributed by atoms with van der Waals surface area (Å²) < 4.78 is 13.5. The zero-order chi connectivity index (χ0) is 14.8. The molecular weight excluding hydrogens is 324 g/mol. The topological polar surface area (TPSA) is 53.4 Å². The van der Waals surface area contributed by atoms with Crippen LogP contribution in [0, 0.1) is 0 Å². The first-order chi connectivity index (χ1) is 9.35. The van der Waals surface area contributed by atoms with Crippen LogP contribution in [0.25, 0.3) is 0 Å². The summed E-state index contributed by atoms with van der Waals surface area (Å²) in [5, 5.41) is 4.42. The first kappa shape index (κ1) is 15.5. The molecule has 0 aliphatic heterocycles. The first-order valence-electron chi connectivity index (χ1n) is 6.89. The Hall–Kier alpha value is -0.880. The van der Waals surface area contributed by atoms with Crippen molar-refractivity contribution in [1.29, 1.82) is 0 Å². The Morgan fingerprint density at radius 2 is 2.20 bits per heavy atom. The number of carbonyl (C=O) groups is 1. The number of hydrogen-bond acceptors (Lipinski definition) is 4. The fourth-order valence-electron chi connectivity index (χ4n) is 1.92. The highest BCUT2D eigenvalue weighted by Crippen LogP contribution is 2.36. The molecule has 0 radical (unpaired) electrons. The average molecular weight is 345 g/mol. The van der Waals surface area contributed by atoms with Gasteiger partial charge in [0.2, 0.25) is 0 Å². The van der Waals surface area contributed by atoms with Gasteiger partial charge in [-0.25, -0.2) is 4.79 Å². The van der Waals surface area contributed by atoms with Crippen LogP contribution in [0.15, 0.2) is 10.7 Å². The van der Waals surface area contributed by atoms with Crippen LogP contribution < -0.4 is 0 Å². The normalized spacial score (nSPS) is 15.4. The molecule has 1 aliphatic rings. The molecule has 20 heavy (non-hydrogen) atoms. The highest BCUT2D eigenvalue weighted by Gasteiger charge is 2.26. The van der Waals surface area contributed by atoms with E-state index >= 15 is 0 Å². The summed E-state index contributed by atoms with van der Waals surface area (Å²) >= 11 is 3.40. The SMILES string of the molecule is CC(C)(C)OC(=O)COCCc1cc(Br)nn1C1CC1. The van der Waals surface area contributed by atoms with Crippen molar-refractivity contribution in [2.24, 2.45) is 0 Å². The van der Waals surface area contributed by atoms with Crippen LogP contribution >= 0.6 is 15.9 Å². The molecule has 0 bridgehead atoms. The van der Waals surface area contributed by atoms with Crippen LogP contribution in [0.5, 0.6) is 0 Å². The van der Waals surface area contributed by atoms with Crippen LogP contribution in [0.1, 0.15) is 45.3 Å². The molecule has 0 N–H and O–H groups in total. The molecule has 0 spiro atoms. The van der Waals surface area contributed by atoms with Crippen LogP contribution in [-0.4, -0.2) is 34.6 Å². The minimum Gasteiger partial charge on any atom is -0.458 e. The summed E-state index contributed by atoms with van der Waals surface area (Å²) in [6, 6.07) is 2.55. The molecule has 1 aromatic heterocycles. The second kappa shape index (κ2) is 6.26. The van der Waals surface area contributed by atoms with Crippen molar-refractivity contribution in [3.05, 3.63) is 16.4 Å². The number of carbonyl (C=O) groups excluding carboxylic acids is 1. The molecule has 0 atom stereocenters. The van der Waals surface area contributed by atoms with Gasteiger partial charge in [-0.1, -0.05) is 0 Å². The van der Waals surface area contributed by atoms with E-state index in [1.807, 2.05) is 26.8 Å². The molecule has 5 nitrogen and oxygen atoms in total. The van der Waals surface area contributed by atoms with Gasteiger partial charge in [-0.15, -0.1) is 0 Å². The summed E-state index contributed by atoms with van der Waals surface area (Å²) in [5.41, 5.74) is 0.680. The molecule has 0 amide bonds. The highest BCUT2D eigenvalue weighted by atomic mass is 79.9. The fourth-order valence-corrected chi connectivity index (χ4v) is 2.36. The maximum Gasteiger partial charge on any atom is 0.332 e. The van der Waals surface area contributed by atoms with Gasteiger partial charge in [0.1, 0.15) is 16.8 Å². The molecule has 112 valence electrons. The smallest absolute Gasteiger partial charge is 0.332 e. The number of halogens is 1. The van der Waals surface area contributed by atoms with Gasteiger partial charge in [-0.05, 0) is 55.6 Å². The van der Waals surface area contributed by atoms with Crippen LogP contribution in [0.3, 0.4) is 0 Å². The van der Waals surface area contributed by atoms with Gasteiger partial charge in [0.15, 0.2) is 0 Å². The van der Waals surface area contributed by atoms with Crippen molar-refractivity contribution >= 4 is 21.9 Å². The van der Waals surface area contributed by atoms with Crippen molar-refractivity contribution in [1.82, 2.24) is 9.78 Å². The number of hydrogen-bond donors (Lipinski definition) is 0. The van der Waals surface area contributed by atoms with E-state index in [2.05, 4.69) is 25.7 Å². The van der Waals surface area contributed by atoms with Crippen LogP contribution in [0.4, 0.5) is 0 Å². The van der Waals surface area contributed by atoms with E-state index in [9.17, 15) is 4.79 Å². The lowest BCUT2D eigenvalue weighted by molar-refractivity contribution is -0.160. The molecule has 1 aromatic rings. The van der Waals surface area contributed by atoms with Gasteiger partial charge in [-0.3, -0.25) is 4.68 Å². The predicted molar refractivity (Wildman–Crippen MR) is 78.6 cm³/mol. The van der Waals surface area contributed by atoms with Crippen LogP contribution in [0.2, 0.25) is 0 Å². The first-order valence-corrected chi connectivity index (χ1v) is 7.68. The zero-order valence-corrected chi connectivity index (χ0v) is 13.8. The zero-order valence-electron chi connectivity index (χ0n) is 12.2. The lowest BCUT2D eigenvalue weighted by Crippen LogP contribution is -2.26. The van der Waals surface area contributed by atoms with Gasteiger partial charge in [0.05, 0.1) is 12.6 Å². The molecule has 0 aromatic carbocycles. The quantitative estimate of drug-likeness (QED) is 0.588. The lowest BCUT2D eigenvalue weighted by atomic mass is 10.2. The highest BCUT2D eigenvalue weighted by molar-refractivity contribution is 9.10. The summed E-state index contributed by atoms with van der Waals surface area (Å²) in [7, 11) is 0. The minimum absolute atomic E-state index is 0.00396. The second-order valence-electron chi connectivity index (χ2n) is 6.02. The van der Waals surface area contributed by atoms with Crippen molar-refractivity contribution in [3.8, 4) is 0 Å². The second-order valence-corrected chi connectivity index (χ2v) is 6.84. The Bertz CT molecular complexity index is 475. The molecule has 2 rings (SSSR count). The van der Waals surface area contributed by atoms with E-state index in [0.717, 1.165) is 16.7 Å². The van der Waals surface area contributed by atoms with E-state index in [-0.39, 0.29) is 12.6 Å². The molecule has 1 aliphatic carbocycles. The Kier molecular flexibility index (Phi) is 4.86. The summed E-state index contributed by atoms with van der Waals surface area (Å²) in [5.74, 6) is -0.325. The van der Waals surface area contributed by atoms with Crippen LogP contribution in [-0.2, 0) is 20.7 Å². The van der Waals surface area contributed by atoms with E-state index in [0.29, 0.717) is 12.6 Å². The fraction of sp³-hybridized carbons (Fsp3) is 0.714. The maximum absolute atomic E-state index is 11.5. The van der Waals surface area contributed by atoms with Crippen molar-refractivity contribution in [2.45, 2.75) is 51.7 Å². The van der Waals surface area contributed by atoms with Crippen molar-refractivity contribution in [3.63, 3.8) is 0 Å². The molecule has 0 saturated heterocycles. The molecule has 1 fully saturated rings. The van der Waals surface area contributed by atoms with Crippen molar-refractivity contribution < 1.29 is 14.3 Å². The summed E-state index contributed by atoms with van der Waals surface area (Å²) in [6.45, 7) is 6.02. The summed E-state index contributed by atoms with van der Waals surface area (Å²) in [6.07, 6.45) is 3.14. The van der Waals surface area contributed by atoms with Gasteiger partial charge in [0, 0.05) is 12.1 Å². The lowest BCUT2D eigenvalue weighted by Gasteiger charge is -2.19. The number of rotatable bonds is 6. The Morgan fingerprint density at radius 3 is 2.80 bits per heavy atom. The number of nitrogens with zero attached hydrogens (tertiary/aromatic N) is 2. The van der Waals surface area contributed by atoms with Gasteiger partial charge in [0.25, 0.3) is 0 Å². The van der Waals surface area contributed by atoms with E-state index in [1.54, 1.807) is 0 Å². The van der Waals surface area contributed by atoms with Gasteiger partial charge in [-0.2, -0.15) is 5.10 Å². The van der Waals surface area contributed by atoms with Gasteiger partial charge < -0.3 is 9.47 Å². The Balaban J connectivity index is 1.72. The molecule has 1 heterocycles. The monoisotopic (exact) mass is 344 g/mol. The third-order valence-corrected chi connectivity index (χ3v) is 3.21. The number of ether oxygens (including phenoxy) is 2. The number of aromatic nitrogens is 2. The summed E-state index contributed by atoms with van der Waals surface area (Å²) in [4.78, 5) is 11.5. The molecule has 0 unspecified atom stereocenters.